The zero-order valence-electron chi connectivity index (χ0n) is 14.0. The Morgan fingerprint density at radius 3 is 2.71 bits per heavy atom. The number of fused-ring (bicyclic) bond motifs is 1. The van der Waals surface area contributed by atoms with Crippen molar-refractivity contribution in [2.45, 2.75) is 33.7 Å². The molecule has 3 aromatic heterocycles. The molecule has 0 bridgehead atoms. The Balaban J connectivity index is 1.99. The van der Waals surface area contributed by atoms with Gasteiger partial charge in [0.1, 0.15) is 17.5 Å². The number of hydrogen-bond acceptors (Lipinski definition) is 6. The molecule has 0 fully saturated rings. The molecule has 7 nitrogen and oxygen atoms in total. The molecule has 0 unspecified atom stereocenters. The van der Waals surface area contributed by atoms with E-state index in [0.29, 0.717) is 18.0 Å². The maximum absolute atomic E-state index is 9.45. The number of rotatable bonds is 4. The van der Waals surface area contributed by atoms with Gasteiger partial charge >= 0.3 is 0 Å². The van der Waals surface area contributed by atoms with Crippen LogP contribution in [0.15, 0.2) is 18.2 Å². The Hall–Kier alpha value is -3.14. The van der Waals surface area contributed by atoms with Gasteiger partial charge in [0.25, 0.3) is 0 Å². The first-order valence-corrected chi connectivity index (χ1v) is 7.79. The molecule has 0 aliphatic rings. The fourth-order valence-electron chi connectivity index (χ4n) is 2.52. The molecule has 3 heterocycles. The lowest BCUT2D eigenvalue weighted by Crippen LogP contribution is -2.11. The first kappa shape index (κ1) is 15.7. The van der Waals surface area contributed by atoms with Gasteiger partial charge < -0.3 is 11.1 Å². The van der Waals surface area contributed by atoms with E-state index < -0.39 is 0 Å². The summed E-state index contributed by atoms with van der Waals surface area (Å²) in [5, 5.41) is 17.0. The normalized spacial score (nSPS) is 10.8. The standard InChI is InChI=1S/C17H19N7/c1-4-12-6-5-7-13(21-12)9-20-16-14(8-18)15(19)24-17(22-16)10(2)11(3)23-24/h5-7H,4,9,19H2,1-3H3,(H,20,22). The summed E-state index contributed by atoms with van der Waals surface area (Å²) in [5.74, 6) is 0.741. The molecular formula is C17H19N7. The van der Waals surface area contributed by atoms with E-state index in [0.717, 1.165) is 29.1 Å². The maximum atomic E-state index is 9.45. The van der Waals surface area contributed by atoms with Gasteiger partial charge in [0, 0.05) is 11.3 Å². The van der Waals surface area contributed by atoms with Crippen molar-refractivity contribution in [1.82, 2.24) is 19.6 Å². The van der Waals surface area contributed by atoms with Gasteiger partial charge in [-0.1, -0.05) is 13.0 Å². The maximum Gasteiger partial charge on any atom is 0.162 e. The minimum absolute atomic E-state index is 0.288. The van der Waals surface area contributed by atoms with E-state index in [4.69, 9.17) is 5.73 Å². The van der Waals surface area contributed by atoms with Gasteiger partial charge in [-0.2, -0.15) is 14.9 Å². The van der Waals surface area contributed by atoms with Gasteiger partial charge in [0.2, 0.25) is 0 Å². The molecule has 0 spiro atoms. The number of nitriles is 1. The quantitative estimate of drug-likeness (QED) is 0.764. The van der Waals surface area contributed by atoms with Crippen molar-refractivity contribution in [2.75, 3.05) is 11.1 Å². The number of hydrogen-bond donors (Lipinski definition) is 2. The van der Waals surface area contributed by atoms with Gasteiger partial charge in [0.15, 0.2) is 11.5 Å². The average Bonchev–Trinajstić information content (AvgIpc) is 2.89. The monoisotopic (exact) mass is 321 g/mol. The number of nitrogen functional groups attached to an aromatic ring is 1. The molecule has 0 aromatic carbocycles. The third-order valence-electron chi connectivity index (χ3n) is 4.04. The average molecular weight is 321 g/mol. The van der Waals surface area contributed by atoms with Gasteiger partial charge in [-0.3, -0.25) is 4.98 Å². The van der Waals surface area contributed by atoms with Crippen LogP contribution >= 0.6 is 0 Å². The van der Waals surface area contributed by atoms with Crippen LogP contribution < -0.4 is 11.1 Å². The Morgan fingerprint density at radius 1 is 1.25 bits per heavy atom. The van der Waals surface area contributed by atoms with Crippen LogP contribution in [0.5, 0.6) is 0 Å². The molecule has 0 saturated carbocycles. The van der Waals surface area contributed by atoms with Crippen molar-refractivity contribution in [3.05, 3.63) is 46.4 Å². The minimum Gasteiger partial charge on any atom is -0.382 e. The molecule has 0 saturated heterocycles. The van der Waals surface area contributed by atoms with Crippen molar-refractivity contribution in [1.29, 1.82) is 5.26 Å². The summed E-state index contributed by atoms with van der Waals surface area (Å²) in [7, 11) is 0. The highest BCUT2D eigenvalue weighted by atomic mass is 15.3. The lowest BCUT2D eigenvalue weighted by Gasteiger charge is -2.10. The fraction of sp³-hybridized carbons (Fsp3) is 0.294. The second-order valence-electron chi connectivity index (χ2n) is 5.61. The smallest absolute Gasteiger partial charge is 0.162 e. The number of anilines is 2. The van der Waals surface area contributed by atoms with Gasteiger partial charge in [-0.25, -0.2) is 4.98 Å². The van der Waals surface area contributed by atoms with Crippen LogP contribution in [-0.2, 0) is 13.0 Å². The number of nitrogens with zero attached hydrogens (tertiary/aromatic N) is 5. The molecular weight excluding hydrogens is 302 g/mol. The van der Waals surface area contributed by atoms with Crippen LogP contribution in [-0.4, -0.2) is 19.6 Å². The zero-order valence-corrected chi connectivity index (χ0v) is 14.0. The van der Waals surface area contributed by atoms with E-state index in [-0.39, 0.29) is 11.4 Å². The Bertz CT molecular complexity index is 950. The largest absolute Gasteiger partial charge is 0.382 e. The summed E-state index contributed by atoms with van der Waals surface area (Å²) in [4.78, 5) is 9.09. The van der Waals surface area contributed by atoms with E-state index in [9.17, 15) is 5.26 Å². The predicted molar refractivity (Wildman–Crippen MR) is 92.5 cm³/mol. The SMILES string of the molecule is CCc1cccc(CNc2nc3c(C)c(C)nn3c(N)c2C#N)n1. The summed E-state index contributed by atoms with van der Waals surface area (Å²) < 4.78 is 1.52. The number of pyridine rings is 1. The first-order valence-electron chi connectivity index (χ1n) is 7.79. The second kappa shape index (κ2) is 6.16. The first-order chi connectivity index (χ1) is 11.5. The van der Waals surface area contributed by atoms with Crippen molar-refractivity contribution in [3.8, 4) is 6.07 Å². The van der Waals surface area contributed by atoms with Gasteiger partial charge in [-0.15, -0.1) is 0 Å². The highest BCUT2D eigenvalue weighted by molar-refractivity contribution is 5.69. The van der Waals surface area contributed by atoms with Crippen molar-refractivity contribution in [2.24, 2.45) is 0 Å². The van der Waals surface area contributed by atoms with Gasteiger partial charge in [0.05, 0.1) is 17.9 Å². The highest BCUT2D eigenvalue weighted by Crippen LogP contribution is 2.24. The fourth-order valence-corrected chi connectivity index (χ4v) is 2.52. The van der Waals surface area contributed by atoms with E-state index in [1.165, 1.54) is 4.52 Å². The van der Waals surface area contributed by atoms with Gasteiger partial charge in [-0.05, 0) is 32.4 Å². The highest BCUT2D eigenvalue weighted by Gasteiger charge is 2.17. The molecule has 0 radical (unpaired) electrons. The summed E-state index contributed by atoms with van der Waals surface area (Å²) in [6.45, 7) is 6.36. The molecule has 0 atom stereocenters. The molecule has 7 heteroatoms. The number of nitrogens with two attached hydrogens (primary N) is 1. The van der Waals surface area contributed by atoms with Crippen LogP contribution in [0.3, 0.4) is 0 Å². The van der Waals surface area contributed by atoms with Crippen LogP contribution in [0.1, 0.15) is 35.1 Å². The van der Waals surface area contributed by atoms with E-state index >= 15 is 0 Å². The summed E-state index contributed by atoms with van der Waals surface area (Å²) in [5.41, 5.74) is 10.8. The van der Waals surface area contributed by atoms with E-state index in [1.807, 2.05) is 32.0 Å². The van der Waals surface area contributed by atoms with E-state index in [2.05, 4.69) is 33.4 Å². The minimum atomic E-state index is 0.288. The van der Waals surface area contributed by atoms with E-state index in [1.54, 1.807) is 0 Å². The Labute approximate surface area is 140 Å². The Morgan fingerprint density at radius 2 is 2.00 bits per heavy atom. The molecule has 24 heavy (non-hydrogen) atoms. The molecule has 3 rings (SSSR count). The third-order valence-corrected chi connectivity index (χ3v) is 4.04. The molecule has 0 amide bonds. The van der Waals surface area contributed by atoms with Crippen LogP contribution in [0.2, 0.25) is 0 Å². The number of aryl methyl sites for hydroxylation is 3. The third kappa shape index (κ3) is 2.63. The predicted octanol–water partition coefficient (Wildman–Crippen LogP) is 2.37. The lowest BCUT2D eigenvalue weighted by molar-refractivity contribution is 0.917. The summed E-state index contributed by atoms with van der Waals surface area (Å²) >= 11 is 0. The molecule has 3 aromatic rings. The summed E-state index contributed by atoms with van der Waals surface area (Å²) in [6.07, 6.45) is 0.878. The van der Waals surface area contributed by atoms with Crippen molar-refractivity contribution < 1.29 is 0 Å². The number of aromatic nitrogens is 4. The van der Waals surface area contributed by atoms with Crippen LogP contribution in [0.25, 0.3) is 5.65 Å². The second-order valence-corrected chi connectivity index (χ2v) is 5.61. The molecule has 0 aliphatic carbocycles. The Kier molecular flexibility index (Phi) is 4.04. The topological polar surface area (TPSA) is 105 Å². The molecule has 122 valence electrons. The zero-order chi connectivity index (χ0) is 17.3. The van der Waals surface area contributed by atoms with Crippen LogP contribution in [0, 0.1) is 25.2 Å². The summed E-state index contributed by atoms with van der Waals surface area (Å²) in [6, 6.07) is 8.02. The lowest BCUT2D eigenvalue weighted by atomic mass is 10.2. The molecule has 0 aliphatic heterocycles. The molecule has 3 N–H and O–H groups in total. The van der Waals surface area contributed by atoms with Crippen molar-refractivity contribution >= 4 is 17.3 Å². The van der Waals surface area contributed by atoms with Crippen LogP contribution in [0.4, 0.5) is 11.6 Å². The van der Waals surface area contributed by atoms with Crippen molar-refractivity contribution in [3.63, 3.8) is 0 Å². The number of nitrogens with one attached hydrogen (secondary N) is 1.